The maximum atomic E-state index is 13.2. The average Bonchev–Trinajstić information content (AvgIpc) is 2.85. The molecule has 2 rings (SSSR count). The maximum absolute atomic E-state index is 13.2. The third-order valence-electron chi connectivity index (χ3n) is 3.19. The van der Waals surface area contributed by atoms with Crippen molar-refractivity contribution in [2.45, 2.75) is 26.2 Å². The standard InChI is InChI=1S/C16H18ClFS/c1-2-15-6-7-16(19-15)10-13(11-17)8-12-4-3-5-14(18)9-12/h3-7,9,13H,2,8,10-11H2,1H3. The summed E-state index contributed by atoms with van der Waals surface area (Å²) in [6.07, 6.45) is 2.89. The van der Waals surface area contributed by atoms with Crippen molar-refractivity contribution in [3.8, 4) is 0 Å². The topological polar surface area (TPSA) is 0 Å². The van der Waals surface area contributed by atoms with Gasteiger partial charge in [-0.05, 0) is 55.0 Å². The third-order valence-corrected chi connectivity index (χ3v) is 4.88. The van der Waals surface area contributed by atoms with E-state index >= 15 is 0 Å². The smallest absolute Gasteiger partial charge is 0.123 e. The molecule has 1 unspecified atom stereocenters. The normalized spacial score (nSPS) is 12.6. The highest BCUT2D eigenvalue weighted by Crippen LogP contribution is 2.23. The van der Waals surface area contributed by atoms with E-state index in [1.165, 1.54) is 15.8 Å². The molecule has 0 nitrogen and oxygen atoms in total. The van der Waals surface area contributed by atoms with E-state index in [1.807, 2.05) is 17.4 Å². The number of halogens is 2. The highest BCUT2D eigenvalue weighted by atomic mass is 35.5. The Labute approximate surface area is 123 Å². The van der Waals surface area contributed by atoms with Crippen LogP contribution in [0, 0.1) is 11.7 Å². The first-order valence-electron chi connectivity index (χ1n) is 6.59. The number of thiophene rings is 1. The van der Waals surface area contributed by atoms with Gasteiger partial charge in [0.1, 0.15) is 5.82 Å². The van der Waals surface area contributed by atoms with Crippen LogP contribution in [-0.2, 0) is 19.3 Å². The molecule has 0 saturated heterocycles. The molecular formula is C16H18ClFS. The number of hydrogen-bond acceptors (Lipinski definition) is 1. The van der Waals surface area contributed by atoms with Gasteiger partial charge in [-0.15, -0.1) is 22.9 Å². The Morgan fingerprint density at radius 2 is 1.95 bits per heavy atom. The largest absolute Gasteiger partial charge is 0.207 e. The molecule has 0 N–H and O–H groups in total. The molecule has 0 spiro atoms. The van der Waals surface area contributed by atoms with E-state index in [2.05, 4.69) is 19.1 Å². The highest BCUT2D eigenvalue weighted by molar-refractivity contribution is 7.11. The van der Waals surface area contributed by atoms with Crippen molar-refractivity contribution in [2.75, 3.05) is 5.88 Å². The second-order valence-corrected chi connectivity index (χ2v) is 6.34. The Morgan fingerprint density at radius 3 is 2.58 bits per heavy atom. The SMILES string of the molecule is CCc1ccc(CC(CCl)Cc2cccc(F)c2)s1. The fourth-order valence-electron chi connectivity index (χ4n) is 2.19. The van der Waals surface area contributed by atoms with Crippen LogP contribution in [0.3, 0.4) is 0 Å². The third kappa shape index (κ3) is 4.32. The lowest BCUT2D eigenvalue weighted by molar-refractivity contribution is 0.581. The van der Waals surface area contributed by atoms with Gasteiger partial charge in [-0.25, -0.2) is 4.39 Å². The summed E-state index contributed by atoms with van der Waals surface area (Å²) in [7, 11) is 0. The lowest BCUT2D eigenvalue weighted by Gasteiger charge is -2.12. The van der Waals surface area contributed by atoms with Gasteiger partial charge in [0, 0.05) is 15.6 Å². The van der Waals surface area contributed by atoms with Gasteiger partial charge in [-0.1, -0.05) is 19.1 Å². The van der Waals surface area contributed by atoms with Gasteiger partial charge >= 0.3 is 0 Å². The van der Waals surface area contributed by atoms with Crippen molar-refractivity contribution in [2.24, 2.45) is 5.92 Å². The molecule has 0 aliphatic heterocycles. The van der Waals surface area contributed by atoms with Crippen molar-refractivity contribution in [3.05, 3.63) is 57.5 Å². The van der Waals surface area contributed by atoms with E-state index < -0.39 is 0 Å². The number of rotatable bonds is 6. The van der Waals surface area contributed by atoms with Crippen molar-refractivity contribution < 1.29 is 4.39 Å². The molecule has 1 atom stereocenters. The zero-order valence-corrected chi connectivity index (χ0v) is 12.6. The molecule has 19 heavy (non-hydrogen) atoms. The summed E-state index contributed by atoms with van der Waals surface area (Å²) in [4.78, 5) is 2.79. The summed E-state index contributed by atoms with van der Waals surface area (Å²) < 4.78 is 13.2. The molecule has 1 aromatic heterocycles. The average molecular weight is 297 g/mol. The molecule has 0 saturated carbocycles. The summed E-state index contributed by atoms with van der Waals surface area (Å²) in [5, 5.41) is 0. The molecule has 102 valence electrons. The lowest BCUT2D eigenvalue weighted by atomic mass is 9.97. The summed E-state index contributed by atoms with van der Waals surface area (Å²) in [5.41, 5.74) is 1.03. The molecule has 0 radical (unpaired) electrons. The van der Waals surface area contributed by atoms with Gasteiger partial charge < -0.3 is 0 Å². The molecule has 0 bridgehead atoms. The van der Waals surface area contributed by atoms with Gasteiger partial charge in [0.25, 0.3) is 0 Å². The maximum Gasteiger partial charge on any atom is 0.123 e. The Hall–Kier alpha value is -0.860. The van der Waals surface area contributed by atoms with Crippen LogP contribution in [0.2, 0.25) is 0 Å². The summed E-state index contributed by atoms with van der Waals surface area (Å²) in [6, 6.07) is 11.2. The first kappa shape index (κ1) is 14.5. The second kappa shape index (κ2) is 7.06. The molecular weight excluding hydrogens is 279 g/mol. The summed E-state index contributed by atoms with van der Waals surface area (Å²) in [5.74, 6) is 0.803. The monoisotopic (exact) mass is 296 g/mol. The van der Waals surface area contributed by atoms with Crippen LogP contribution in [0.15, 0.2) is 36.4 Å². The summed E-state index contributed by atoms with van der Waals surface area (Å²) >= 11 is 7.92. The second-order valence-electron chi connectivity index (χ2n) is 4.78. The fourth-order valence-corrected chi connectivity index (χ4v) is 3.48. The predicted octanol–water partition coefficient (Wildman–Crippen LogP) is 5.09. The van der Waals surface area contributed by atoms with Crippen LogP contribution in [0.1, 0.15) is 22.2 Å². The Bertz CT molecular complexity index is 521. The van der Waals surface area contributed by atoms with Crippen molar-refractivity contribution in [1.29, 1.82) is 0 Å². The summed E-state index contributed by atoms with van der Waals surface area (Å²) in [6.45, 7) is 2.17. The van der Waals surface area contributed by atoms with Gasteiger partial charge in [0.15, 0.2) is 0 Å². The zero-order chi connectivity index (χ0) is 13.7. The minimum absolute atomic E-state index is 0.171. The van der Waals surface area contributed by atoms with Crippen LogP contribution < -0.4 is 0 Å². The van der Waals surface area contributed by atoms with Crippen molar-refractivity contribution in [1.82, 2.24) is 0 Å². The van der Waals surface area contributed by atoms with E-state index in [1.54, 1.807) is 12.1 Å². The van der Waals surface area contributed by atoms with Crippen LogP contribution in [0.25, 0.3) is 0 Å². The Balaban J connectivity index is 2.00. The quantitative estimate of drug-likeness (QED) is 0.651. The first-order valence-corrected chi connectivity index (χ1v) is 7.94. The van der Waals surface area contributed by atoms with Gasteiger partial charge in [0.2, 0.25) is 0 Å². The lowest BCUT2D eigenvalue weighted by Crippen LogP contribution is -2.09. The van der Waals surface area contributed by atoms with Gasteiger partial charge in [-0.3, -0.25) is 0 Å². The first-order chi connectivity index (χ1) is 9.21. The van der Waals surface area contributed by atoms with E-state index in [0.29, 0.717) is 11.8 Å². The minimum Gasteiger partial charge on any atom is -0.207 e. The molecule has 2 aromatic rings. The number of aryl methyl sites for hydroxylation is 1. The van der Waals surface area contributed by atoms with E-state index in [9.17, 15) is 4.39 Å². The molecule has 1 heterocycles. The van der Waals surface area contributed by atoms with E-state index in [-0.39, 0.29) is 5.82 Å². The predicted molar refractivity (Wildman–Crippen MR) is 81.7 cm³/mol. The molecule has 0 amide bonds. The molecule has 0 fully saturated rings. The molecule has 0 aliphatic carbocycles. The van der Waals surface area contributed by atoms with Crippen LogP contribution in [0.4, 0.5) is 4.39 Å². The Morgan fingerprint density at radius 1 is 1.16 bits per heavy atom. The van der Waals surface area contributed by atoms with Crippen LogP contribution in [-0.4, -0.2) is 5.88 Å². The molecule has 1 aromatic carbocycles. The van der Waals surface area contributed by atoms with Crippen molar-refractivity contribution in [3.63, 3.8) is 0 Å². The van der Waals surface area contributed by atoms with Crippen LogP contribution in [0.5, 0.6) is 0 Å². The Kier molecular flexibility index (Phi) is 5.41. The zero-order valence-electron chi connectivity index (χ0n) is 11.0. The number of benzene rings is 1. The van der Waals surface area contributed by atoms with E-state index in [4.69, 9.17) is 11.6 Å². The van der Waals surface area contributed by atoms with Gasteiger partial charge in [0.05, 0.1) is 0 Å². The van der Waals surface area contributed by atoms with Crippen molar-refractivity contribution >= 4 is 22.9 Å². The minimum atomic E-state index is -0.171. The van der Waals surface area contributed by atoms with Crippen LogP contribution >= 0.6 is 22.9 Å². The molecule has 0 aliphatic rings. The molecule has 3 heteroatoms. The number of alkyl halides is 1. The number of hydrogen-bond donors (Lipinski definition) is 0. The van der Waals surface area contributed by atoms with Gasteiger partial charge in [-0.2, -0.15) is 0 Å². The highest BCUT2D eigenvalue weighted by Gasteiger charge is 2.11. The fraction of sp³-hybridized carbons (Fsp3) is 0.375. The van der Waals surface area contributed by atoms with E-state index in [0.717, 1.165) is 24.8 Å².